The van der Waals surface area contributed by atoms with Crippen molar-refractivity contribution in [2.75, 3.05) is 0 Å². The summed E-state index contributed by atoms with van der Waals surface area (Å²) in [5.74, 6) is 0.721. The fourth-order valence-electron chi connectivity index (χ4n) is 1.98. The van der Waals surface area contributed by atoms with Crippen LogP contribution in [0.4, 0.5) is 0 Å². The molecular formula is C9H17N5. The van der Waals surface area contributed by atoms with Gasteiger partial charge in [0, 0.05) is 0 Å². The number of aromatic nitrogens is 4. The first kappa shape index (κ1) is 9.58. The highest BCUT2D eigenvalue weighted by Crippen LogP contribution is 2.32. The Morgan fingerprint density at radius 3 is 2.64 bits per heavy atom. The lowest BCUT2D eigenvalue weighted by atomic mass is 9.82. The van der Waals surface area contributed by atoms with Crippen LogP contribution in [0, 0.1) is 0 Å². The standard InChI is InChI=1S/C9H17N5/c1-2-14-12-8(11-13-14)9(10)6-4-3-5-7-9/h2-7,10H2,1H3. The van der Waals surface area contributed by atoms with Crippen LogP contribution in [0.5, 0.6) is 0 Å². The highest BCUT2D eigenvalue weighted by Gasteiger charge is 2.33. The molecule has 5 nitrogen and oxygen atoms in total. The summed E-state index contributed by atoms with van der Waals surface area (Å²) in [5.41, 5.74) is 5.96. The van der Waals surface area contributed by atoms with Gasteiger partial charge in [0.05, 0.1) is 12.1 Å². The van der Waals surface area contributed by atoms with Gasteiger partial charge in [-0.3, -0.25) is 0 Å². The fraction of sp³-hybridized carbons (Fsp3) is 0.889. The second-order valence-electron chi connectivity index (χ2n) is 4.02. The van der Waals surface area contributed by atoms with Crippen LogP contribution in [-0.2, 0) is 12.1 Å². The zero-order valence-electron chi connectivity index (χ0n) is 8.61. The molecule has 0 radical (unpaired) electrons. The Balaban J connectivity index is 2.19. The minimum atomic E-state index is -0.314. The average Bonchev–Trinajstić information content (AvgIpc) is 2.67. The van der Waals surface area contributed by atoms with Gasteiger partial charge in [-0.2, -0.15) is 4.80 Å². The molecule has 2 rings (SSSR count). The van der Waals surface area contributed by atoms with Gasteiger partial charge < -0.3 is 5.73 Å². The summed E-state index contributed by atoms with van der Waals surface area (Å²) in [4.78, 5) is 1.60. The van der Waals surface area contributed by atoms with Crippen LogP contribution in [-0.4, -0.2) is 20.2 Å². The van der Waals surface area contributed by atoms with E-state index in [1.54, 1.807) is 4.80 Å². The molecule has 1 aromatic heterocycles. The minimum absolute atomic E-state index is 0.314. The van der Waals surface area contributed by atoms with E-state index in [9.17, 15) is 0 Å². The van der Waals surface area contributed by atoms with Crippen molar-refractivity contribution in [3.63, 3.8) is 0 Å². The number of tetrazole rings is 1. The number of hydrogen-bond donors (Lipinski definition) is 1. The summed E-state index contributed by atoms with van der Waals surface area (Å²) in [6, 6.07) is 0. The molecule has 5 heteroatoms. The van der Waals surface area contributed by atoms with Crippen molar-refractivity contribution in [1.82, 2.24) is 20.2 Å². The highest BCUT2D eigenvalue weighted by atomic mass is 15.6. The van der Waals surface area contributed by atoms with Crippen molar-refractivity contribution in [2.45, 2.75) is 51.1 Å². The summed E-state index contributed by atoms with van der Waals surface area (Å²) >= 11 is 0. The second kappa shape index (κ2) is 3.65. The molecule has 1 aliphatic rings. The maximum absolute atomic E-state index is 6.27. The van der Waals surface area contributed by atoms with Crippen molar-refractivity contribution < 1.29 is 0 Å². The van der Waals surface area contributed by atoms with Crippen molar-refractivity contribution in [3.8, 4) is 0 Å². The molecule has 1 fully saturated rings. The minimum Gasteiger partial charge on any atom is -0.319 e. The monoisotopic (exact) mass is 195 g/mol. The summed E-state index contributed by atoms with van der Waals surface area (Å²) in [6.07, 6.45) is 5.61. The molecule has 78 valence electrons. The SMILES string of the molecule is CCn1nnc(C2(N)CCCCC2)n1. The maximum atomic E-state index is 6.27. The molecule has 0 amide bonds. The Kier molecular flexibility index (Phi) is 2.50. The molecule has 1 aromatic rings. The Hall–Kier alpha value is -0.970. The van der Waals surface area contributed by atoms with Crippen LogP contribution in [0.2, 0.25) is 0 Å². The van der Waals surface area contributed by atoms with Gasteiger partial charge >= 0.3 is 0 Å². The maximum Gasteiger partial charge on any atom is 0.194 e. The van der Waals surface area contributed by atoms with E-state index in [1.165, 1.54) is 19.3 Å². The average molecular weight is 195 g/mol. The lowest BCUT2D eigenvalue weighted by Crippen LogP contribution is -2.39. The molecular weight excluding hydrogens is 178 g/mol. The molecule has 0 atom stereocenters. The Labute approximate surface area is 83.7 Å². The van der Waals surface area contributed by atoms with E-state index in [0.717, 1.165) is 25.2 Å². The van der Waals surface area contributed by atoms with Gasteiger partial charge in [0.1, 0.15) is 0 Å². The van der Waals surface area contributed by atoms with Crippen LogP contribution >= 0.6 is 0 Å². The molecule has 0 aliphatic heterocycles. The van der Waals surface area contributed by atoms with E-state index in [0.29, 0.717) is 0 Å². The molecule has 0 spiro atoms. The predicted octanol–water partition coefficient (Wildman–Crippen LogP) is 0.811. The number of aryl methyl sites for hydroxylation is 1. The molecule has 0 unspecified atom stereocenters. The molecule has 0 saturated heterocycles. The summed E-state index contributed by atoms with van der Waals surface area (Å²) in [7, 11) is 0. The lowest BCUT2D eigenvalue weighted by Gasteiger charge is -2.29. The summed E-state index contributed by atoms with van der Waals surface area (Å²) < 4.78 is 0. The van der Waals surface area contributed by atoms with Gasteiger partial charge in [0.25, 0.3) is 0 Å². The van der Waals surface area contributed by atoms with Gasteiger partial charge in [0.15, 0.2) is 5.82 Å². The van der Waals surface area contributed by atoms with Gasteiger partial charge in [-0.1, -0.05) is 19.3 Å². The largest absolute Gasteiger partial charge is 0.319 e. The normalized spacial score (nSPS) is 21.0. The van der Waals surface area contributed by atoms with Crippen LogP contribution in [0.25, 0.3) is 0 Å². The summed E-state index contributed by atoms with van der Waals surface area (Å²) in [6.45, 7) is 2.75. The lowest BCUT2D eigenvalue weighted by molar-refractivity contribution is 0.286. The number of rotatable bonds is 2. The van der Waals surface area contributed by atoms with Gasteiger partial charge in [-0.25, -0.2) is 0 Å². The molecule has 1 saturated carbocycles. The van der Waals surface area contributed by atoms with E-state index < -0.39 is 0 Å². The third-order valence-electron chi connectivity index (χ3n) is 2.93. The highest BCUT2D eigenvalue weighted by molar-refractivity contribution is 5.02. The first-order chi connectivity index (χ1) is 6.74. The molecule has 1 aliphatic carbocycles. The number of nitrogens with two attached hydrogens (primary N) is 1. The topological polar surface area (TPSA) is 69.6 Å². The van der Waals surface area contributed by atoms with Gasteiger partial charge in [0.2, 0.25) is 0 Å². The zero-order chi connectivity index (χ0) is 10.0. The Bertz CT molecular complexity index is 300. The van der Waals surface area contributed by atoms with E-state index in [2.05, 4.69) is 15.4 Å². The number of hydrogen-bond acceptors (Lipinski definition) is 4. The van der Waals surface area contributed by atoms with Crippen LogP contribution in [0.15, 0.2) is 0 Å². The molecule has 2 N–H and O–H groups in total. The van der Waals surface area contributed by atoms with E-state index >= 15 is 0 Å². The van der Waals surface area contributed by atoms with Crippen molar-refractivity contribution in [1.29, 1.82) is 0 Å². The van der Waals surface area contributed by atoms with Crippen LogP contribution < -0.4 is 5.73 Å². The first-order valence-corrected chi connectivity index (χ1v) is 5.32. The Morgan fingerprint density at radius 2 is 2.07 bits per heavy atom. The summed E-state index contributed by atoms with van der Waals surface area (Å²) in [5, 5.41) is 12.3. The quantitative estimate of drug-likeness (QED) is 0.758. The van der Waals surface area contributed by atoms with E-state index in [4.69, 9.17) is 5.73 Å². The molecule has 14 heavy (non-hydrogen) atoms. The third-order valence-corrected chi connectivity index (χ3v) is 2.93. The first-order valence-electron chi connectivity index (χ1n) is 5.32. The smallest absolute Gasteiger partial charge is 0.194 e. The van der Waals surface area contributed by atoms with Crippen molar-refractivity contribution >= 4 is 0 Å². The molecule has 0 bridgehead atoms. The Morgan fingerprint density at radius 1 is 1.36 bits per heavy atom. The second-order valence-corrected chi connectivity index (χ2v) is 4.02. The zero-order valence-corrected chi connectivity index (χ0v) is 8.61. The third kappa shape index (κ3) is 1.64. The van der Waals surface area contributed by atoms with Crippen molar-refractivity contribution in [2.24, 2.45) is 5.73 Å². The fourth-order valence-corrected chi connectivity index (χ4v) is 1.98. The van der Waals surface area contributed by atoms with Gasteiger partial charge in [-0.15, -0.1) is 10.2 Å². The predicted molar refractivity (Wildman–Crippen MR) is 52.4 cm³/mol. The van der Waals surface area contributed by atoms with Crippen LogP contribution in [0.1, 0.15) is 44.9 Å². The van der Waals surface area contributed by atoms with E-state index in [1.807, 2.05) is 6.92 Å². The van der Waals surface area contributed by atoms with Crippen molar-refractivity contribution in [3.05, 3.63) is 5.82 Å². The van der Waals surface area contributed by atoms with E-state index in [-0.39, 0.29) is 5.54 Å². The molecule has 1 heterocycles. The van der Waals surface area contributed by atoms with Gasteiger partial charge in [-0.05, 0) is 25.0 Å². The van der Waals surface area contributed by atoms with Crippen LogP contribution in [0.3, 0.4) is 0 Å². The molecule has 0 aromatic carbocycles. The number of nitrogens with zero attached hydrogens (tertiary/aromatic N) is 4.